The van der Waals surface area contributed by atoms with Gasteiger partial charge in [0.15, 0.2) is 11.9 Å². The molecule has 0 bridgehead atoms. The first-order chi connectivity index (χ1) is 8.32. The Balaban J connectivity index is 2.57. The molecule has 0 spiro atoms. The van der Waals surface area contributed by atoms with E-state index in [2.05, 4.69) is 13.8 Å². The van der Waals surface area contributed by atoms with E-state index in [0.717, 1.165) is 25.7 Å². The maximum Gasteiger partial charge on any atom is 0.156 e. The van der Waals surface area contributed by atoms with Crippen molar-refractivity contribution >= 4 is 12.6 Å². The van der Waals surface area contributed by atoms with Crippen LogP contribution < -0.4 is 0 Å². The van der Waals surface area contributed by atoms with Gasteiger partial charge in [0.25, 0.3) is 0 Å². The molecule has 0 aromatic heterocycles. The predicted molar refractivity (Wildman–Crippen MR) is 69.0 cm³/mol. The molecule has 1 N–H and O–H groups in total. The molecule has 0 aromatic carbocycles. The summed E-state index contributed by atoms with van der Waals surface area (Å²) < 4.78 is 0. The smallest absolute Gasteiger partial charge is 0.156 e. The third-order valence-corrected chi connectivity index (χ3v) is 5.41. The van der Waals surface area contributed by atoms with Crippen molar-refractivity contribution in [1.29, 1.82) is 0 Å². The lowest BCUT2D eigenvalue weighted by molar-refractivity contribution is -0.158. The minimum atomic E-state index is -1.62. The van der Waals surface area contributed by atoms with Gasteiger partial charge in [-0.25, -0.2) is 0 Å². The van der Waals surface area contributed by atoms with Crippen LogP contribution in [0.3, 0.4) is 0 Å². The van der Waals surface area contributed by atoms with Gasteiger partial charge in [0, 0.05) is 11.0 Å². The van der Waals surface area contributed by atoms with Gasteiger partial charge in [-0.3, -0.25) is 9.59 Å². The molecule has 3 nitrogen and oxygen atoms in total. The second kappa shape index (κ2) is 4.02. The van der Waals surface area contributed by atoms with Gasteiger partial charge in [-0.05, 0) is 30.6 Å². The largest absolute Gasteiger partial charge is 0.377 e. The van der Waals surface area contributed by atoms with Gasteiger partial charge < -0.3 is 5.11 Å². The number of aldehydes is 2. The molecule has 1 unspecified atom stereocenters. The zero-order valence-electron chi connectivity index (χ0n) is 11.4. The van der Waals surface area contributed by atoms with E-state index >= 15 is 0 Å². The summed E-state index contributed by atoms with van der Waals surface area (Å²) in [6.45, 7) is 6.35. The van der Waals surface area contributed by atoms with Crippen LogP contribution in [0.15, 0.2) is 11.6 Å². The minimum absolute atomic E-state index is 0.0922. The fourth-order valence-corrected chi connectivity index (χ4v) is 4.23. The van der Waals surface area contributed by atoms with Crippen LogP contribution in [0.25, 0.3) is 0 Å². The van der Waals surface area contributed by atoms with Crippen LogP contribution in [0.5, 0.6) is 0 Å². The summed E-state index contributed by atoms with van der Waals surface area (Å²) >= 11 is 0. The average molecular weight is 250 g/mol. The molecule has 0 saturated heterocycles. The normalized spacial score (nSPS) is 42.7. The monoisotopic (exact) mass is 250 g/mol. The van der Waals surface area contributed by atoms with Crippen molar-refractivity contribution in [3.8, 4) is 0 Å². The molecular formula is C15H22O3. The highest BCUT2D eigenvalue weighted by molar-refractivity contribution is 5.88. The average Bonchev–Trinajstić information content (AvgIpc) is 2.31. The van der Waals surface area contributed by atoms with Gasteiger partial charge in [-0.15, -0.1) is 0 Å². The Hall–Kier alpha value is -0.960. The number of hydrogen-bond acceptors (Lipinski definition) is 3. The maximum absolute atomic E-state index is 11.5. The van der Waals surface area contributed by atoms with Crippen LogP contribution in [0.2, 0.25) is 0 Å². The Bertz CT molecular complexity index is 410. The van der Waals surface area contributed by atoms with Crippen molar-refractivity contribution in [2.45, 2.75) is 52.1 Å². The molecule has 2 rings (SSSR count). The Morgan fingerprint density at radius 1 is 1.28 bits per heavy atom. The zero-order chi connectivity index (χ0) is 13.6. The molecular weight excluding hydrogens is 228 g/mol. The van der Waals surface area contributed by atoms with Crippen molar-refractivity contribution in [2.24, 2.45) is 16.7 Å². The molecule has 0 aromatic rings. The molecule has 0 amide bonds. The van der Waals surface area contributed by atoms with Crippen molar-refractivity contribution < 1.29 is 14.7 Å². The Morgan fingerprint density at radius 2 is 1.94 bits per heavy atom. The van der Waals surface area contributed by atoms with Crippen LogP contribution in [0.1, 0.15) is 46.5 Å². The lowest BCUT2D eigenvalue weighted by atomic mass is 9.47. The summed E-state index contributed by atoms with van der Waals surface area (Å²) in [5.41, 5.74) is -1.81. The molecule has 18 heavy (non-hydrogen) atoms. The number of allylic oxidation sites excluding steroid dienone is 1. The SMILES string of the molecule is CC1(C)CCC[C@@]2(C)C1CC=C(C=O)[C@]2(O)C=O. The van der Waals surface area contributed by atoms with Crippen molar-refractivity contribution in [1.82, 2.24) is 0 Å². The van der Waals surface area contributed by atoms with Crippen LogP contribution in [0, 0.1) is 16.7 Å². The van der Waals surface area contributed by atoms with E-state index in [1.807, 2.05) is 6.92 Å². The van der Waals surface area contributed by atoms with Crippen molar-refractivity contribution in [3.63, 3.8) is 0 Å². The van der Waals surface area contributed by atoms with E-state index in [1.54, 1.807) is 6.08 Å². The first-order valence-corrected chi connectivity index (χ1v) is 6.66. The predicted octanol–water partition coefficient (Wildman–Crippen LogP) is 2.28. The summed E-state index contributed by atoms with van der Waals surface area (Å²) in [5.74, 6) is 0.234. The number of rotatable bonds is 2. The van der Waals surface area contributed by atoms with Crippen LogP contribution >= 0.6 is 0 Å². The summed E-state index contributed by atoms with van der Waals surface area (Å²) in [7, 11) is 0. The minimum Gasteiger partial charge on any atom is -0.377 e. The highest BCUT2D eigenvalue weighted by atomic mass is 16.3. The molecule has 0 radical (unpaired) electrons. The molecule has 2 aliphatic carbocycles. The zero-order valence-corrected chi connectivity index (χ0v) is 11.4. The lowest BCUT2D eigenvalue weighted by Gasteiger charge is -2.58. The van der Waals surface area contributed by atoms with Gasteiger partial charge in [0.2, 0.25) is 0 Å². The number of fused-ring (bicyclic) bond motifs is 1. The van der Waals surface area contributed by atoms with Crippen LogP contribution in [-0.4, -0.2) is 23.3 Å². The summed E-state index contributed by atoms with van der Waals surface area (Å²) in [5, 5.41) is 10.8. The number of hydrogen-bond donors (Lipinski definition) is 1. The molecule has 3 atom stereocenters. The summed E-state index contributed by atoms with van der Waals surface area (Å²) in [4.78, 5) is 22.6. The first-order valence-electron chi connectivity index (χ1n) is 6.66. The molecule has 100 valence electrons. The Kier molecular flexibility index (Phi) is 3.01. The summed E-state index contributed by atoms with van der Waals surface area (Å²) in [6.07, 6.45) is 6.61. The van der Waals surface area contributed by atoms with Crippen LogP contribution in [0.4, 0.5) is 0 Å². The van der Waals surface area contributed by atoms with E-state index in [4.69, 9.17) is 0 Å². The number of carbonyl (C=O) groups excluding carboxylic acids is 2. The number of carbonyl (C=O) groups is 2. The third kappa shape index (κ3) is 1.53. The Morgan fingerprint density at radius 3 is 2.50 bits per heavy atom. The van der Waals surface area contributed by atoms with Crippen molar-refractivity contribution in [2.75, 3.05) is 0 Å². The quantitative estimate of drug-likeness (QED) is 0.765. The highest BCUT2D eigenvalue weighted by Crippen LogP contribution is 2.60. The molecule has 1 saturated carbocycles. The van der Waals surface area contributed by atoms with E-state index in [0.29, 0.717) is 12.6 Å². The third-order valence-electron chi connectivity index (χ3n) is 5.41. The fourth-order valence-electron chi connectivity index (χ4n) is 4.23. The first kappa shape index (κ1) is 13.5. The van der Waals surface area contributed by atoms with Crippen molar-refractivity contribution in [3.05, 3.63) is 11.6 Å². The van der Waals surface area contributed by atoms with Gasteiger partial charge in [-0.1, -0.05) is 33.3 Å². The molecule has 3 heteroatoms. The van der Waals surface area contributed by atoms with Gasteiger partial charge >= 0.3 is 0 Å². The summed E-state index contributed by atoms with van der Waals surface area (Å²) in [6, 6.07) is 0. The molecule has 0 aliphatic heterocycles. The maximum atomic E-state index is 11.5. The molecule has 0 heterocycles. The highest BCUT2D eigenvalue weighted by Gasteiger charge is 2.60. The van der Waals surface area contributed by atoms with E-state index < -0.39 is 11.0 Å². The second-order valence-electron chi connectivity index (χ2n) is 6.71. The van der Waals surface area contributed by atoms with Gasteiger partial charge in [0.1, 0.15) is 6.29 Å². The van der Waals surface area contributed by atoms with Gasteiger partial charge in [0.05, 0.1) is 0 Å². The lowest BCUT2D eigenvalue weighted by Crippen LogP contribution is -2.60. The molecule has 1 fully saturated rings. The van der Waals surface area contributed by atoms with E-state index in [-0.39, 0.29) is 16.9 Å². The standard InChI is InChI=1S/C15H22O3/c1-13(2)7-4-8-14(3)12(13)6-5-11(9-16)15(14,18)10-17/h5,9-10,12,18H,4,6-8H2,1-3H3/t12?,14-,15+/m0/s1. The fraction of sp³-hybridized carbons (Fsp3) is 0.733. The van der Waals surface area contributed by atoms with Gasteiger partial charge in [-0.2, -0.15) is 0 Å². The number of aliphatic hydroxyl groups is 1. The van der Waals surface area contributed by atoms with E-state index in [9.17, 15) is 14.7 Å². The van der Waals surface area contributed by atoms with Crippen LogP contribution in [-0.2, 0) is 9.59 Å². The topological polar surface area (TPSA) is 54.4 Å². The van der Waals surface area contributed by atoms with E-state index in [1.165, 1.54) is 0 Å². The Labute approximate surface area is 108 Å². The second-order valence-corrected chi connectivity index (χ2v) is 6.71. The molecule has 2 aliphatic rings.